The number of thiophene rings is 1. The maximum Gasteiger partial charge on any atom is 0.264 e. The number of carbonyl (C=O) groups excluding carboxylic acids is 1. The molecule has 0 unspecified atom stereocenters. The van der Waals surface area contributed by atoms with E-state index in [4.69, 9.17) is 0 Å². The summed E-state index contributed by atoms with van der Waals surface area (Å²) in [4.78, 5) is 20.6. The van der Waals surface area contributed by atoms with Crippen LogP contribution in [0.25, 0.3) is 0 Å². The van der Waals surface area contributed by atoms with E-state index in [1.54, 1.807) is 23.7 Å². The third-order valence-corrected chi connectivity index (χ3v) is 4.29. The van der Waals surface area contributed by atoms with E-state index >= 15 is 0 Å². The third-order valence-electron chi connectivity index (χ3n) is 3.30. The lowest BCUT2D eigenvalue weighted by molar-refractivity contribution is 0.0735. The quantitative estimate of drug-likeness (QED) is 0.856. The van der Waals surface area contributed by atoms with Gasteiger partial charge in [0.05, 0.1) is 4.88 Å². The van der Waals surface area contributed by atoms with Crippen molar-refractivity contribution < 1.29 is 4.79 Å². The summed E-state index contributed by atoms with van der Waals surface area (Å²) >= 11 is 1.58. The summed E-state index contributed by atoms with van der Waals surface area (Å²) in [5, 5.41) is 0. The topological polar surface area (TPSA) is 33.2 Å². The molecule has 3 nitrogen and oxygen atoms in total. The van der Waals surface area contributed by atoms with E-state index in [-0.39, 0.29) is 5.91 Å². The lowest BCUT2D eigenvalue weighted by Crippen LogP contribution is -2.32. The predicted molar refractivity (Wildman–Crippen MR) is 76.2 cm³/mol. The van der Waals surface area contributed by atoms with Crippen molar-refractivity contribution >= 4 is 17.2 Å². The number of hydrogen-bond donors (Lipinski definition) is 0. The van der Waals surface area contributed by atoms with Gasteiger partial charge in [-0.2, -0.15) is 0 Å². The van der Waals surface area contributed by atoms with Gasteiger partial charge >= 0.3 is 0 Å². The summed E-state index contributed by atoms with van der Waals surface area (Å²) in [6.07, 6.45) is 5.81. The summed E-state index contributed by atoms with van der Waals surface area (Å²) in [7, 11) is 0. The molecular formula is C15H16N2OS. The second kappa shape index (κ2) is 5.13. The van der Waals surface area contributed by atoms with E-state index in [0.717, 1.165) is 23.3 Å². The second-order valence-corrected chi connectivity index (χ2v) is 6.22. The fourth-order valence-electron chi connectivity index (χ4n) is 2.13. The summed E-state index contributed by atoms with van der Waals surface area (Å²) in [5.74, 6) is 0.164. The van der Waals surface area contributed by atoms with E-state index < -0.39 is 0 Å². The van der Waals surface area contributed by atoms with Crippen molar-refractivity contribution in [3.05, 3.63) is 52.0 Å². The van der Waals surface area contributed by atoms with Crippen LogP contribution in [0.15, 0.2) is 36.7 Å². The Hall–Kier alpha value is -1.68. The normalized spacial score (nSPS) is 14.4. The highest BCUT2D eigenvalue weighted by Crippen LogP contribution is 2.31. The van der Waals surface area contributed by atoms with Gasteiger partial charge in [-0.25, -0.2) is 0 Å². The molecule has 0 aromatic carbocycles. The number of rotatable bonds is 4. The molecule has 2 heterocycles. The Morgan fingerprint density at radius 2 is 2.05 bits per heavy atom. The zero-order valence-corrected chi connectivity index (χ0v) is 11.7. The van der Waals surface area contributed by atoms with Crippen molar-refractivity contribution in [3.63, 3.8) is 0 Å². The first kappa shape index (κ1) is 12.4. The maximum atomic E-state index is 12.6. The van der Waals surface area contributed by atoms with Gasteiger partial charge in [-0.3, -0.25) is 9.78 Å². The largest absolute Gasteiger partial charge is 0.331 e. The lowest BCUT2D eigenvalue weighted by Gasteiger charge is -2.21. The van der Waals surface area contributed by atoms with Crippen molar-refractivity contribution in [1.29, 1.82) is 0 Å². The summed E-state index contributed by atoms with van der Waals surface area (Å²) in [5.41, 5.74) is 1.14. The van der Waals surface area contributed by atoms with Gasteiger partial charge in [0.25, 0.3) is 5.91 Å². The van der Waals surface area contributed by atoms with Gasteiger partial charge < -0.3 is 4.90 Å². The third kappa shape index (κ3) is 2.84. The Labute approximate surface area is 116 Å². The average Bonchev–Trinajstić information content (AvgIpc) is 3.18. The minimum atomic E-state index is 0.164. The Morgan fingerprint density at radius 1 is 1.32 bits per heavy atom. The molecule has 1 aliphatic carbocycles. The first-order valence-corrected chi connectivity index (χ1v) is 7.32. The van der Waals surface area contributed by atoms with Crippen LogP contribution in [0.4, 0.5) is 0 Å². The van der Waals surface area contributed by atoms with Gasteiger partial charge in [0.15, 0.2) is 0 Å². The molecule has 1 amide bonds. The second-order valence-electron chi connectivity index (χ2n) is 4.93. The predicted octanol–water partition coefficient (Wildman–Crippen LogP) is 3.26. The van der Waals surface area contributed by atoms with E-state index in [9.17, 15) is 4.79 Å². The molecule has 19 heavy (non-hydrogen) atoms. The molecule has 2 aromatic rings. The Balaban J connectivity index is 1.79. The molecule has 0 radical (unpaired) electrons. The molecule has 1 fully saturated rings. The number of amides is 1. The molecular weight excluding hydrogens is 256 g/mol. The SMILES string of the molecule is Cc1ccc(C(=O)N(Cc2ccncc2)C2CC2)s1. The van der Waals surface area contributed by atoms with Crippen LogP contribution < -0.4 is 0 Å². The van der Waals surface area contributed by atoms with E-state index in [2.05, 4.69) is 4.98 Å². The van der Waals surface area contributed by atoms with Crippen molar-refractivity contribution in [2.45, 2.75) is 32.4 Å². The van der Waals surface area contributed by atoms with Crippen LogP contribution in [-0.2, 0) is 6.54 Å². The first-order valence-electron chi connectivity index (χ1n) is 6.50. The summed E-state index contributed by atoms with van der Waals surface area (Å²) < 4.78 is 0. The van der Waals surface area contributed by atoms with Crippen molar-refractivity contribution in [3.8, 4) is 0 Å². The van der Waals surface area contributed by atoms with Gasteiger partial charge in [0.1, 0.15) is 0 Å². The summed E-state index contributed by atoms with van der Waals surface area (Å²) in [6.45, 7) is 2.72. The van der Waals surface area contributed by atoms with Crippen molar-refractivity contribution in [2.75, 3.05) is 0 Å². The van der Waals surface area contributed by atoms with Gasteiger partial charge in [-0.05, 0) is 49.6 Å². The fraction of sp³-hybridized carbons (Fsp3) is 0.333. The molecule has 0 N–H and O–H groups in total. The Kier molecular flexibility index (Phi) is 3.34. The zero-order valence-electron chi connectivity index (χ0n) is 10.9. The molecule has 0 bridgehead atoms. The first-order chi connectivity index (χ1) is 9.24. The van der Waals surface area contributed by atoms with Gasteiger partial charge in [0, 0.05) is 29.9 Å². The van der Waals surface area contributed by atoms with Crippen LogP contribution in [0.5, 0.6) is 0 Å². The number of carbonyl (C=O) groups is 1. The van der Waals surface area contributed by atoms with Crippen molar-refractivity contribution in [1.82, 2.24) is 9.88 Å². The van der Waals surface area contributed by atoms with Gasteiger partial charge in [-0.15, -0.1) is 11.3 Å². The highest BCUT2D eigenvalue weighted by Gasteiger charge is 2.33. The van der Waals surface area contributed by atoms with Gasteiger partial charge in [0.2, 0.25) is 0 Å². The van der Waals surface area contributed by atoms with Gasteiger partial charge in [-0.1, -0.05) is 0 Å². The minimum absolute atomic E-state index is 0.164. The smallest absolute Gasteiger partial charge is 0.264 e. The standard InChI is InChI=1S/C15H16N2OS/c1-11-2-5-14(19-11)15(18)17(13-3-4-13)10-12-6-8-16-9-7-12/h2,5-9,13H,3-4,10H2,1H3. The minimum Gasteiger partial charge on any atom is -0.331 e. The van der Waals surface area contributed by atoms with Crippen LogP contribution in [0.1, 0.15) is 33.0 Å². The molecule has 2 aromatic heterocycles. The van der Waals surface area contributed by atoms with E-state index in [1.165, 1.54) is 4.88 Å². The molecule has 1 aliphatic rings. The highest BCUT2D eigenvalue weighted by molar-refractivity contribution is 7.13. The van der Waals surface area contributed by atoms with Crippen LogP contribution in [0.3, 0.4) is 0 Å². The summed E-state index contributed by atoms with van der Waals surface area (Å²) in [6, 6.07) is 8.31. The number of pyridine rings is 1. The molecule has 4 heteroatoms. The molecule has 0 spiro atoms. The molecule has 0 aliphatic heterocycles. The number of hydrogen-bond acceptors (Lipinski definition) is 3. The molecule has 1 saturated carbocycles. The number of nitrogens with zero attached hydrogens (tertiary/aromatic N) is 2. The van der Waals surface area contributed by atoms with E-state index in [0.29, 0.717) is 12.6 Å². The monoisotopic (exact) mass is 272 g/mol. The van der Waals surface area contributed by atoms with Crippen LogP contribution in [0, 0.1) is 6.92 Å². The molecule has 98 valence electrons. The van der Waals surface area contributed by atoms with Crippen LogP contribution in [0.2, 0.25) is 0 Å². The molecule has 0 atom stereocenters. The number of aryl methyl sites for hydroxylation is 1. The number of aromatic nitrogens is 1. The van der Waals surface area contributed by atoms with Crippen LogP contribution >= 0.6 is 11.3 Å². The fourth-order valence-corrected chi connectivity index (χ4v) is 2.95. The molecule has 0 saturated heterocycles. The van der Waals surface area contributed by atoms with Crippen molar-refractivity contribution in [2.24, 2.45) is 0 Å². The average molecular weight is 272 g/mol. The highest BCUT2D eigenvalue weighted by atomic mass is 32.1. The maximum absolute atomic E-state index is 12.6. The van der Waals surface area contributed by atoms with Crippen LogP contribution in [-0.4, -0.2) is 21.8 Å². The zero-order chi connectivity index (χ0) is 13.2. The Morgan fingerprint density at radius 3 is 2.63 bits per heavy atom. The Bertz CT molecular complexity index is 575. The lowest BCUT2D eigenvalue weighted by atomic mass is 10.2. The van der Waals surface area contributed by atoms with E-state index in [1.807, 2.05) is 36.1 Å². The molecule has 3 rings (SSSR count).